The van der Waals surface area contributed by atoms with Crippen LogP contribution in [0.25, 0.3) is 0 Å². The van der Waals surface area contributed by atoms with Gasteiger partial charge in [-0.05, 0) is 37.5 Å². The van der Waals surface area contributed by atoms with Gasteiger partial charge in [0, 0.05) is 11.6 Å². The highest BCUT2D eigenvalue weighted by atomic mass is 14.6. The Kier molecular flexibility index (Phi) is 3.54. The van der Waals surface area contributed by atoms with Gasteiger partial charge < -0.3 is 5.73 Å². The van der Waals surface area contributed by atoms with E-state index in [1.54, 1.807) is 0 Å². The van der Waals surface area contributed by atoms with E-state index in [2.05, 4.69) is 18.1 Å². The third kappa shape index (κ3) is 3.31. The largest absolute Gasteiger partial charge is 0.328 e. The molecule has 1 aromatic carbocycles. The number of hydrogen-bond acceptors (Lipinski definition) is 1. The van der Waals surface area contributed by atoms with Crippen molar-refractivity contribution in [2.45, 2.75) is 25.8 Å². The molecule has 0 aliphatic heterocycles. The third-order valence-corrected chi connectivity index (χ3v) is 2.01. The van der Waals surface area contributed by atoms with E-state index in [1.807, 2.05) is 19.1 Å². The highest BCUT2D eigenvalue weighted by Crippen LogP contribution is 2.06. The molecule has 0 aliphatic rings. The number of nitrogens with two attached hydrogens (primary N) is 1. The Balaban J connectivity index is 2.55. The van der Waals surface area contributed by atoms with Crippen molar-refractivity contribution in [1.29, 1.82) is 0 Å². The fourth-order valence-electron chi connectivity index (χ4n) is 1.16. The van der Waals surface area contributed by atoms with Gasteiger partial charge in [0.05, 0.1) is 0 Å². The molecule has 2 N–H and O–H groups in total. The van der Waals surface area contributed by atoms with Crippen molar-refractivity contribution >= 4 is 0 Å². The lowest BCUT2D eigenvalue weighted by atomic mass is 10.1. The summed E-state index contributed by atoms with van der Waals surface area (Å²) in [6, 6.07) is 8.34. The predicted octanol–water partition coefficient (Wildman–Crippen LogP) is 1.95. The summed E-state index contributed by atoms with van der Waals surface area (Å²) in [6.45, 7) is 2.02. The second-order valence-corrected chi connectivity index (χ2v) is 3.36. The van der Waals surface area contributed by atoms with Crippen molar-refractivity contribution in [3.63, 3.8) is 0 Å². The second kappa shape index (κ2) is 4.69. The molecular formula is C12H15N. The van der Waals surface area contributed by atoms with Crippen LogP contribution >= 0.6 is 0 Å². The number of aryl methyl sites for hydroxylation is 1. The summed E-state index contributed by atoms with van der Waals surface area (Å²) in [4.78, 5) is 0. The minimum absolute atomic E-state index is 0.271. The summed E-state index contributed by atoms with van der Waals surface area (Å²) < 4.78 is 0. The van der Waals surface area contributed by atoms with Gasteiger partial charge in [-0.25, -0.2) is 0 Å². The number of benzene rings is 1. The fraction of sp³-hybridized carbons (Fsp3) is 0.333. The van der Waals surface area contributed by atoms with E-state index in [-0.39, 0.29) is 6.04 Å². The van der Waals surface area contributed by atoms with Crippen molar-refractivity contribution < 1.29 is 0 Å². The van der Waals surface area contributed by atoms with E-state index < -0.39 is 0 Å². The Hall–Kier alpha value is -1.26. The molecule has 1 nitrogen and oxygen atoms in total. The van der Waals surface area contributed by atoms with Gasteiger partial charge >= 0.3 is 0 Å². The fourth-order valence-corrected chi connectivity index (χ4v) is 1.16. The maximum Gasteiger partial charge on any atom is 0.0242 e. The van der Waals surface area contributed by atoms with E-state index in [0.717, 1.165) is 18.4 Å². The van der Waals surface area contributed by atoms with Gasteiger partial charge in [0.25, 0.3) is 0 Å². The number of rotatable bonds is 3. The molecule has 1 aromatic rings. The molecular weight excluding hydrogens is 158 g/mol. The first-order valence-corrected chi connectivity index (χ1v) is 4.53. The molecule has 1 unspecified atom stereocenters. The lowest BCUT2D eigenvalue weighted by Crippen LogP contribution is -2.15. The first-order valence-electron chi connectivity index (χ1n) is 4.53. The minimum Gasteiger partial charge on any atom is -0.328 e. The van der Waals surface area contributed by atoms with E-state index in [0.29, 0.717) is 0 Å². The van der Waals surface area contributed by atoms with Crippen LogP contribution in [0.5, 0.6) is 0 Å². The van der Waals surface area contributed by atoms with Crippen LogP contribution < -0.4 is 5.73 Å². The SMILES string of the molecule is C#Cc1ccc(CCC(C)N)cc1. The molecule has 1 rings (SSSR count). The normalized spacial score (nSPS) is 12.1. The monoisotopic (exact) mass is 173 g/mol. The van der Waals surface area contributed by atoms with E-state index in [1.165, 1.54) is 5.56 Å². The molecule has 0 aromatic heterocycles. The first-order chi connectivity index (χ1) is 6.22. The Morgan fingerprint density at radius 3 is 2.46 bits per heavy atom. The molecule has 0 radical (unpaired) electrons. The summed E-state index contributed by atoms with van der Waals surface area (Å²) in [7, 11) is 0. The molecule has 0 saturated carbocycles. The van der Waals surface area contributed by atoms with Gasteiger partial charge in [-0.3, -0.25) is 0 Å². The van der Waals surface area contributed by atoms with Crippen LogP contribution in [0.1, 0.15) is 24.5 Å². The summed E-state index contributed by atoms with van der Waals surface area (Å²) in [5.41, 5.74) is 7.90. The average Bonchev–Trinajstić information content (AvgIpc) is 2.15. The van der Waals surface area contributed by atoms with Crippen molar-refractivity contribution in [3.05, 3.63) is 35.4 Å². The second-order valence-electron chi connectivity index (χ2n) is 3.36. The van der Waals surface area contributed by atoms with Crippen LogP contribution in [0.2, 0.25) is 0 Å². The number of hydrogen-bond donors (Lipinski definition) is 1. The maximum absolute atomic E-state index is 5.66. The molecule has 0 heterocycles. The zero-order valence-corrected chi connectivity index (χ0v) is 7.96. The summed E-state index contributed by atoms with van der Waals surface area (Å²) in [6.07, 6.45) is 7.31. The molecule has 0 saturated heterocycles. The van der Waals surface area contributed by atoms with Crippen LogP contribution in [-0.4, -0.2) is 6.04 Å². The summed E-state index contributed by atoms with van der Waals surface area (Å²) in [5, 5.41) is 0. The van der Waals surface area contributed by atoms with Crippen molar-refractivity contribution in [1.82, 2.24) is 0 Å². The highest BCUT2D eigenvalue weighted by molar-refractivity contribution is 5.34. The van der Waals surface area contributed by atoms with Crippen molar-refractivity contribution in [3.8, 4) is 12.3 Å². The maximum atomic E-state index is 5.66. The molecule has 0 amide bonds. The van der Waals surface area contributed by atoms with E-state index >= 15 is 0 Å². The first kappa shape index (κ1) is 9.83. The molecule has 0 fully saturated rings. The topological polar surface area (TPSA) is 26.0 Å². The molecule has 0 aliphatic carbocycles. The van der Waals surface area contributed by atoms with Crippen LogP contribution in [0.15, 0.2) is 24.3 Å². The molecule has 0 spiro atoms. The zero-order valence-electron chi connectivity index (χ0n) is 7.96. The van der Waals surface area contributed by atoms with Gasteiger partial charge in [-0.1, -0.05) is 18.1 Å². The predicted molar refractivity (Wildman–Crippen MR) is 56.3 cm³/mol. The Morgan fingerprint density at radius 2 is 2.00 bits per heavy atom. The Bertz CT molecular complexity index is 290. The standard InChI is InChI=1S/C12H15N/c1-3-11-6-8-12(9-7-11)5-4-10(2)13/h1,6-10H,4-5,13H2,2H3. The third-order valence-electron chi connectivity index (χ3n) is 2.01. The smallest absolute Gasteiger partial charge is 0.0242 e. The van der Waals surface area contributed by atoms with Crippen LogP contribution in [0, 0.1) is 12.3 Å². The van der Waals surface area contributed by atoms with Crippen LogP contribution in [0.3, 0.4) is 0 Å². The van der Waals surface area contributed by atoms with Gasteiger partial charge in [-0.2, -0.15) is 0 Å². The average molecular weight is 173 g/mol. The van der Waals surface area contributed by atoms with Gasteiger partial charge in [0.1, 0.15) is 0 Å². The molecule has 13 heavy (non-hydrogen) atoms. The molecule has 1 heteroatoms. The minimum atomic E-state index is 0.271. The zero-order chi connectivity index (χ0) is 9.68. The summed E-state index contributed by atoms with van der Waals surface area (Å²) >= 11 is 0. The van der Waals surface area contributed by atoms with Gasteiger partial charge in [-0.15, -0.1) is 6.42 Å². The van der Waals surface area contributed by atoms with E-state index in [9.17, 15) is 0 Å². The lowest BCUT2D eigenvalue weighted by molar-refractivity contribution is 0.666. The van der Waals surface area contributed by atoms with Crippen LogP contribution in [0.4, 0.5) is 0 Å². The number of terminal acetylenes is 1. The van der Waals surface area contributed by atoms with Crippen molar-refractivity contribution in [2.24, 2.45) is 5.73 Å². The highest BCUT2D eigenvalue weighted by Gasteiger charge is 1.96. The van der Waals surface area contributed by atoms with Gasteiger partial charge in [0.15, 0.2) is 0 Å². The molecule has 0 bridgehead atoms. The van der Waals surface area contributed by atoms with Gasteiger partial charge in [0.2, 0.25) is 0 Å². The van der Waals surface area contributed by atoms with Crippen molar-refractivity contribution in [2.75, 3.05) is 0 Å². The Morgan fingerprint density at radius 1 is 1.38 bits per heavy atom. The molecule has 68 valence electrons. The molecule has 1 atom stereocenters. The Labute approximate surface area is 80.0 Å². The van der Waals surface area contributed by atoms with Crippen LogP contribution in [-0.2, 0) is 6.42 Å². The summed E-state index contributed by atoms with van der Waals surface area (Å²) in [5.74, 6) is 2.59. The lowest BCUT2D eigenvalue weighted by Gasteiger charge is -2.04. The van der Waals surface area contributed by atoms with E-state index in [4.69, 9.17) is 12.2 Å². The quantitative estimate of drug-likeness (QED) is 0.695.